The predicted octanol–water partition coefficient (Wildman–Crippen LogP) is 2.47. The highest BCUT2D eigenvalue weighted by Gasteiger charge is 2.31. The summed E-state index contributed by atoms with van der Waals surface area (Å²) >= 11 is 0. The molecule has 113 valence electrons. The molecule has 0 N–H and O–H groups in total. The van der Waals surface area contributed by atoms with Crippen LogP contribution in [0.3, 0.4) is 0 Å². The maximum atomic E-state index is 11.8. The van der Waals surface area contributed by atoms with Gasteiger partial charge in [-0.25, -0.2) is 4.79 Å². The van der Waals surface area contributed by atoms with Crippen LogP contribution >= 0.6 is 0 Å². The van der Waals surface area contributed by atoms with E-state index in [0.717, 1.165) is 32.1 Å². The second-order valence-corrected chi connectivity index (χ2v) is 5.41. The average Bonchev–Trinajstić information content (AvgIpc) is 3.00. The summed E-state index contributed by atoms with van der Waals surface area (Å²) < 4.78 is 5.25. The van der Waals surface area contributed by atoms with Crippen molar-refractivity contribution >= 4 is 12.4 Å². The number of amides is 1. The Morgan fingerprint density at radius 1 is 1.24 bits per heavy atom. The summed E-state index contributed by atoms with van der Waals surface area (Å²) in [6.07, 6.45) is 7.42. The minimum Gasteiger partial charge on any atom is -0.464 e. The zero-order valence-electron chi connectivity index (χ0n) is 12.3. The lowest BCUT2D eigenvalue weighted by molar-refractivity contribution is -0.147. The molecule has 0 saturated carbocycles. The fraction of sp³-hybridized carbons (Fsp3) is 0.529. The van der Waals surface area contributed by atoms with E-state index in [1.165, 1.54) is 10.5 Å². The molecular formula is C17H22NO3. The second kappa shape index (κ2) is 8.45. The molecule has 1 radical (unpaired) electrons. The van der Waals surface area contributed by atoms with Crippen molar-refractivity contribution in [3.8, 4) is 0 Å². The van der Waals surface area contributed by atoms with Crippen molar-refractivity contribution in [1.29, 1.82) is 0 Å². The van der Waals surface area contributed by atoms with Gasteiger partial charge in [0.05, 0.1) is 6.61 Å². The van der Waals surface area contributed by atoms with Crippen LogP contribution < -0.4 is 0 Å². The highest BCUT2D eigenvalue weighted by atomic mass is 16.5. The Morgan fingerprint density at radius 3 is 2.81 bits per heavy atom. The number of hydrogen-bond acceptors (Lipinski definition) is 3. The number of hydrogen-bond donors (Lipinski definition) is 0. The molecule has 0 aromatic heterocycles. The first-order chi connectivity index (χ1) is 10.3. The van der Waals surface area contributed by atoms with Gasteiger partial charge >= 0.3 is 12.4 Å². The van der Waals surface area contributed by atoms with Crippen LogP contribution in [0, 0.1) is 0 Å². The summed E-state index contributed by atoms with van der Waals surface area (Å²) in [5.41, 5.74) is 1.35. The van der Waals surface area contributed by atoms with E-state index in [-0.39, 0.29) is 5.97 Å². The largest absolute Gasteiger partial charge is 0.464 e. The van der Waals surface area contributed by atoms with E-state index in [9.17, 15) is 9.59 Å². The van der Waals surface area contributed by atoms with Crippen LogP contribution in [0.15, 0.2) is 30.3 Å². The van der Waals surface area contributed by atoms with Crippen LogP contribution in [0.5, 0.6) is 0 Å². The highest BCUT2D eigenvalue weighted by Crippen LogP contribution is 2.16. The number of likely N-dealkylation sites (tertiary alicyclic amines) is 1. The minimum absolute atomic E-state index is 0.279. The molecule has 4 heteroatoms. The number of nitrogens with zero attached hydrogens (tertiary/aromatic N) is 1. The number of esters is 1. The van der Waals surface area contributed by atoms with E-state index >= 15 is 0 Å². The summed E-state index contributed by atoms with van der Waals surface area (Å²) in [5.74, 6) is -0.279. The molecule has 1 unspecified atom stereocenters. The first-order valence-electron chi connectivity index (χ1n) is 7.66. The molecule has 1 heterocycles. The van der Waals surface area contributed by atoms with Crippen molar-refractivity contribution in [2.75, 3.05) is 13.2 Å². The van der Waals surface area contributed by atoms with Gasteiger partial charge in [0, 0.05) is 6.54 Å². The van der Waals surface area contributed by atoms with Crippen molar-refractivity contribution in [3.63, 3.8) is 0 Å². The number of carbonyl (C=O) groups excluding carboxylic acids is 2. The molecular weight excluding hydrogens is 266 g/mol. The maximum absolute atomic E-state index is 11.8. The monoisotopic (exact) mass is 288 g/mol. The van der Waals surface area contributed by atoms with Gasteiger partial charge in [0.25, 0.3) is 0 Å². The van der Waals surface area contributed by atoms with E-state index in [0.29, 0.717) is 19.6 Å². The molecule has 1 amide bonds. The highest BCUT2D eigenvalue weighted by molar-refractivity contribution is 5.78. The normalized spacial score (nSPS) is 17.7. The Balaban J connectivity index is 1.55. The van der Waals surface area contributed by atoms with Crippen LogP contribution in [0.25, 0.3) is 0 Å². The Kier molecular flexibility index (Phi) is 6.25. The SMILES string of the molecule is O=[C]N1CCCC1C(=O)OCCCCCc1ccccc1. The summed E-state index contributed by atoms with van der Waals surface area (Å²) in [5, 5.41) is 0. The van der Waals surface area contributed by atoms with Crippen LogP contribution in [-0.2, 0) is 20.7 Å². The van der Waals surface area contributed by atoms with Gasteiger partial charge in [-0.1, -0.05) is 30.3 Å². The third-order valence-electron chi connectivity index (χ3n) is 3.84. The van der Waals surface area contributed by atoms with Crippen LogP contribution in [0.1, 0.15) is 37.7 Å². The van der Waals surface area contributed by atoms with E-state index in [2.05, 4.69) is 24.3 Å². The topological polar surface area (TPSA) is 46.6 Å². The second-order valence-electron chi connectivity index (χ2n) is 5.41. The Labute approximate surface area is 126 Å². The molecule has 0 spiro atoms. The van der Waals surface area contributed by atoms with Crippen molar-refractivity contribution in [2.24, 2.45) is 0 Å². The van der Waals surface area contributed by atoms with Crippen molar-refractivity contribution in [2.45, 2.75) is 44.6 Å². The van der Waals surface area contributed by atoms with Gasteiger partial charge < -0.3 is 9.64 Å². The van der Waals surface area contributed by atoms with Gasteiger partial charge in [-0.2, -0.15) is 0 Å². The van der Waals surface area contributed by atoms with Crippen LogP contribution in [-0.4, -0.2) is 36.5 Å². The van der Waals surface area contributed by atoms with Crippen molar-refractivity contribution < 1.29 is 14.3 Å². The number of ether oxygens (including phenoxy) is 1. The summed E-state index contributed by atoms with van der Waals surface area (Å²) in [7, 11) is 0. The van der Waals surface area contributed by atoms with E-state index in [1.54, 1.807) is 6.41 Å². The number of carbonyl (C=O) groups is 1. The van der Waals surface area contributed by atoms with E-state index in [1.807, 2.05) is 6.07 Å². The molecule has 0 aliphatic carbocycles. The van der Waals surface area contributed by atoms with Gasteiger partial charge in [0.15, 0.2) is 0 Å². The number of unbranched alkanes of at least 4 members (excludes halogenated alkanes) is 2. The molecule has 21 heavy (non-hydrogen) atoms. The lowest BCUT2D eigenvalue weighted by Gasteiger charge is -2.17. The molecule has 1 aliphatic heterocycles. The third-order valence-corrected chi connectivity index (χ3v) is 3.84. The number of aryl methyl sites for hydroxylation is 1. The summed E-state index contributed by atoms with van der Waals surface area (Å²) in [6, 6.07) is 9.97. The summed E-state index contributed by atoms with van der Waals surface area (Å²) in [6.45, 7) is 1.05. The van der Waals surface area contributed by atoms with Crippen LogP contribution in [0.2, 0.25) is 0 Å². The molecule has 1 saturated heterocycles. The average molecular weight is 288 g/mol. The van der Waals surface area contributed by atoms with E-state index < -0.39 is 6.04 Å². The Morgan fingerprint density at radius 2 is 2.05 bits per heavy atom. The molecule has 1 aromatic rings. The standard InChI is InChI=1S/C17H22NO3/c19-14-18-12-7-11-16(18)17(20)21-13-6-2-5-10-15-8-3-1-4-9-15/h1,3-4,8-9,16H,2,5-7,10-13H2. The van der Waals surface area contributed by atoms with Gasteiger partial charge in [-0.15, -0.1) is 0 Å². The lowest BCUT2D eigenvalue weighted by Crippen LogP contribution is -2.36. The maximum Gasteiger partial charge on any atom is 0.328 e. The molecule has 0 bridgehead atoms. The molecule has 1 atom stereocenters. The first kappa shape index (κ1) is 15.5. The Hall–Kier alpha value is -1.84. The molecule has 4 nitrogen and oxygen atoms in total. The molecule has 1 fully saturated rings. The first-order valence-corrected chi connectivity index (χ1v) is 7.66. The fourth-order valence-corrected chi connectivity index (χ4v) is 2.64. The van der Waals surface area contributed by atoms with Crippen molar-refractivity contribution in [1.82, 2.24) is 4.90 Å². The van der Waals surface area contributed by atoms with Gasteiger partial charge in [-0.05, 0) is 44.1 Å². The smallest absolute Gasteiger partial charge is 0.328 e. The zero-order valence-corrected chi connectivity index (χ0v) is 12.3. The zero-order chi connectivity index (χ0) is 14.9. The number of benzene rings is 1. The number of rotatable bonds is 8. The molecule has 2 rings (SSSR count). The van der Waals surface area contributed by atoms with Crippen LogP contribution in [0.4, 0.5) is 0 Å². The summed E-state index contributed by atoms with van der Waals surface area (Å²) in [4.78, 5) is 23.9. The van der Waals surface area contributed by atoms with Gasteiger partial charge in [0.2, 0.25) is 0 Å². The third kappa shape index (κ3) is 4.88. The quantitative estimate of drug-likeness (QED) is 0.545. The lowest BCUT2D eigenvalue weighted by atomic mass is 10.1. The van der Waals surface area contributed by atoms with E-state index in [4.69, 9.17) is 4.74 Å². The predicted molar refractivity (Wildman–Crippen MR) is 80.4 cm³/mol. The molecule has 1 aromatic carbocycles. The van der Waals surface area contributed by atoms with Gasteiger partial charge in [0.1, 0.15) is 6.04 Å². The Bertz CT molecular complexity index is 447. The molecule has 1 aliphatic rings. The minimum atomic E-state index is -0.410. The fourth-order valence-electron chi connectivity index (χ4n) is 2.64. The van der Waals surface area contributed by atoms with Crippen molar-refractivity contribution in [3.05, 3.63) is 35.9 Å². The van der Waals surface area contributed by atoms with Gasteiger partial charge in [-0.3, -0.25) is 4.79 Å².